The number of aryl methyl sites for hydroxylation is 1. The molecule has 3 aromatic rings. The number of hydrogen-bond acceptors (Lipinski definition) is 5. The maximum atomic E-state index is 12.2. The highest BCUT2D eigenvalue weighted by Gasteiger charge is 2.07. The minimum atomic E-state index is -0.422. The van der Waals surface area contributed by atoms with E-state index in [0.29, 0.717) is 23.7 Å². The number of aliphatic hydroxyl groups is 1. The number of rotatable bonds is 5. The summed E-state index contributed by atoms with van der Waals surface area (Å²) in [6.45, 7) is 2.17. The molecule has 0 radical (unpaired) electrons. The Labute approximate surface area is 145 Å². The van der Waals surface area contributed by atoms with E-state index in [-0.39, 0.29) is 12.6 Å². The minimum Gasteiger partial charge on any atom is -0.395 e. The average Bonchev–Trinajstić information content (AvgIpc) is 2.59. The Morgan fingerprint density at radius 3 is 2.64 bits per heavy atom. The van der Waals surface area contributed by atoms with Crippen LogP contribution in [0.5, 0.6) is 0 Å². The monoisotopic (exact) mass is 337 g/mol. The molecule has 0 aliphatic rings. The van der Waals surface area contributed by atoms with Gasteiger partial charge in [-0.3, -0.25) is 5.32 Å². The maximum absolute atomic E-state index is 12.2. The van der Waals surface area contributed by atoms with Crippen molar-refractivity contribution >= 4 is 34.3 Å². The van der Waals surface area contributed by atoms with Crippen molar-refractivity contribution in [2.75, 3.05) is 29.1 Å². The third-order valence-corrected chi connectivity index (χ3v) is 3.50. The molecule has 0 aliphatic heterocycles. The molecule has 0 saturated heterocycles. The third kappa shape index (κ3) is 4.42. The van der Waals surface area contributed by atoms with Crippen molar-refractivity contribution in [2.24, 2.45) is 0 Å². The molecule has 0 bridgehead atoms. The van der Waals surface area contributed by atoms with Crippen LogP contribution in [0, 0.1) is 6.92 Å². The van der Waals surface area contributed by atoms with Gasteiger partial charge in [0.2, 0.25) is 5.95 Å². The first-order valence-electron chi connectivity index (χ1n) is 7.91. The first-order chi connectivity index (χ1) is 12.1. The second kappa shape index (κ2) is 7.59. The number of benzene rings is 2. The van der Waals surface area contributed by atoms with Crippen LogP contribution in [0.4, 0.5) is 22.2 Å². The zero-order valence-electron chi connectivity index (χ0n) is 13.8. The lowest BCUT2D eigenvalue weighted by Crippen LogP contribution is -2.21. The van der Waals surface area contributed by atoms with E-state index in [1.165, 1.54) is 0 Å². The number of aromatic nitrogens is 2. The lowest BCUT2D eigenvalue weighted by molar-refractivity contribution is 0.262. The Kier molecular flexibility index (Phi) is 5.06. The molecule has 1 aromatic heterocycles. The van der Waals surface area contributed by atoms with Crippen molar-refractivity contribution in [2.45, 2.75) is 6.92 Å². The van der Waals surface area contributed by atoms with E-state index in [9.17, 15) is 4.79 Å². The maximum Gasteiger partial charge on any atom is 0.326 e. The second-order valence-corrected chi connectivity index (χ2v) is 5.51. The molecule has 0 atom stereocenters. The molecular weight excluding hydrogens is 318 g/mol. The summed E-state index contributed by atoms with van der Waals surface area (Å²) in [4.78, 5) is 20.6. The number of hydrogen-bond donors (Lipinski definition) is 4. The van der Waals surface area contributed by atoms with E-state index in [1.807, 2.05) is 42.5 Å². The van der Waals surface area contributed by atoms with Gasteiger partial charge in [0, 0.05) is 24.0 Å². The summed E-state index contributed by atoms with van der Waals surface area (Å²) in [6.07, 6.45) is 0. The molecule has 25 heavy (non-hydrogen) atoms. The first kappa shape index (κ1) is 16.7. The van der Waals surface area contributed by atoms with Gasteiger partial charge in [-0.1, -0.05) is 30.3 Å². The fourth-order valence-electron chi connectivity index (χ4n) is 2.43. The van der Waals surface area contributed by atoms with Crippen molar-refractivity contribution in [1.29, 1.82) is 0 Å². The van der Waals surface area contributed by atoms with Gasteiger partial charge in [-0.25, -0.2) is 9.78 Å². The lowest BCUT2D eigenvalue weighted by Gasteiger charge is -2.10. The number of aliphatic hydroxyl groups excluding tert-OH is 1. The Bertz CT molecular complexity index is 898. The Hall–Kier alpha value is -3.19. The Morgan fingerprint density at radius 1 is 1.04 bits per heavy atom. The van der Waals surface area contributed by atoms with Crippen molar-refractivity contribution in [3.63, 3.8) is 0 Å². The van der Waals surface area contributed by atoms with Crippen LogP contribution in [0.3, 0.4) is 0 Å². The normalized spacial score (nSPS) is 10.5. The largest absolute Gasteiger partial charge is 0.395 e. The highest BCUT2D eigenvalue weighted by atomic mass is 16.3. The fraction of sp³-hybridized carbons (Fsp3) is 0.167. The van der Waals surface area contributed by atoms with Crippen molar-refractivity contribution in [3.05, 3.63) is 54.2 Å². The summed E-state index contributed by atoms with van der Waals surface area (Å²) in [6, 6.07) is 14.9. The van der Waals surface area contributed by atoms with Crippen LogP contribution in [0.15, 0.2) is 48.5 Å². The molecule has 128 valence electrons. The Morgan fingerprint density at radius 2 is 1.84 bits per heavy atom. The smallest absolute Gasteiger partial charge is 0.326 e. The second-order valence-electron chi connectivity index (χ2n) is 5.51. The quantitative estimate of drug-likeness (QED) is 0.574. The zero-order chi connectivity index (χ0) is 17.6. The van der Waals surface area contributed by atoms with E-state index in [4.69, 9.17) is 5.11 Å². The van der Waals surface area contributed by atoms with Gasteiger partial charge in [0.1, 0.15) is 5.82 Å². The Balaban J connectivity index is 1.70. The zero-order valence-corrected chi connectivity index (χ0v) is 13.8. The molecule has 7 heteroatoms. The summed E-state index contributed by atoms with van der Waals surface area (Å²) in [5.74, 6) is 0.737. The molecule has 4 N–H and O–H groups in total. The van der Waals surface area contributed by atoms with E-state index in [0.717, 1.165) is 10.8 Å². The highest BCUT2D eigenvalue weighted by molar-refractivity contribution is 6.00. The molecule has 2 aromatic carbocycles. The van der Waals surface area contributed by atoms with E-state index < -0.39 is 6.03 Å². The average molecular weight is 337 g/mol. The molecule has 0 spiro atoms. The first-order valence-corrected chi connectivity index (χ1v) is 7.91. The predicted octanol–water partition coefficient (Wildman–Crippen LogP) is 2.99. The van der Waals surface area contributed by atoms with Crippen LogP contribution in [0.25, 0.3) is 10.8 Å². The summed E-state index contributed by atoms with van der Waals surface area (Å²) in [5, 5.41) is 19.4. The standard InChI is InChI=1S/C18H19N5O2/c1-12-10-16(19-8-9-24)22-17(20-12)23-18(25)21-15-7-6-13-4-2-3-5-14(13)11-15/h2-7,10-11,24H,8-9H2,1H3,(H3,19,20,21,22,23,25). The van der Waals surface area contributed by atoms with Crippen molar-refractivity contribution < 1.29 is 9.90 Å². The number of amides is 2. The van der Waals surface area contributed by atoms with Crippen LogP contribution < -0.4 is 16.0 Å². The summed E-state index contributed by atoms with van der Waals surface area (Å²) in [7, 11) is 0. The number of urea groups is 1. The van der Waals surface area contributed by atoms with Crippen molar-refractivity contribution in [3.8, 4) is 0 Å². The number of carbonyl (C=O) groups excluding carboxylic acids is 1. The molecule has 0 saturated carbocycles. The number of nitrogens with one attached hydrogen (secondary N) is 3. The summed E-state index contributed by atoms with van der Waals surface area (Å²) >= 11 is 0. The lowest BCUT2D eigenvalue weighted by atomic mass is 10.1. The van der Waals surface area contributed by atoms with Gasteiger partial charge in [-0.2, -0.15) is 4.98 Å². The predicted molar refractivity (Wildman–Crippen MR) is 98.9 cm³/mol. The van der Waals surface area contributed by atoms with Gasteiger partial charge in [0.25, 0.3) is 0 Å². The molecule has 1 heterocycles. The summed E-state index contributed by atoms with van der Waals surface area (Å²) in [5.41, 5.74) is 1.39. The van der Waals surface area contributed by atoms with Gasteiger partial charge in [-0.05, 0) is 29.8 Å². The van der Waals surface area contributed by atoms with Gasteiger partial charge < -0.3 is 15.7 Å². The molecule has 7 nitrogen and oxygen atoms in total. The molecule has 2 amide bonds. The minimum absolute atomic E-state index is 0.00569. The number of nitrogens with zero attached hydrogens (tertiary/aromatic N) is 2. The van der Waals surface area contributed by atoms with Crippen LogP contribution in [0.1, 0.15) is 5.69 Å². The van der Waals surface area contributed by atoms with Crippen LogP contribution in [-0.2, 0) is 0 Å². The highest BCUT2D eigenvalue weighted by Crippen LogP contribution is 2.19. The third-order valence-electron chi connectivity index (χ3n) is 3.50. The number of carbonyl (C=O) groups is 1. The SMILES string of the molecule is Cc1cc(NCCO)nc(NC(=O)Nc2ccc3ccccc3c2)n1. The molecule has 0 unspecified atom stereocenters. The van der Waals surface area contributed by atoms with E-state index in [2.05, 4.69) is 25.9 Å². The van der Waals surface area contributed by atoms with Crippen LogP contribution in [-0.4, -0.2) is 34.3 Å². The van der Waals surface area contributed by atoms with E-state index in [1.54, 1.807) is 13.0 Å². The van der Waals surface area contributed by atoms with Gasteiger partial charge in [-0.15, -0.1) is 0 Å². The van der Waals surface area contributed by atoms with Gasteiger partial charge in [0.15, 0.2) is 0 Å². The summed E-state index contributed by atoms with van der Waals surface area (Å²) < 4.78 is 0. The van der Waals surface area contributed by atoms with Crippen LogP contribution >= 0.6 is 0 Å². The molecular formula is C18H19N5O2. The van der Waals surface area contributed by atoms with Crippen LogP contribution in [0.2, 0.25) is 0 Å². The van der Waals surface area contributed by atoms with E-state index >= 15 is 0 Å². The topological polar surface area (TPSA) is 99.2 Å². The van der Waals surface area contributed by atoms with Crippen molar-refractivity contribution in [1.82, 2.24) is 9.97 Å². The van der Waals surface area contributed by atoms with Gasteiger partial charge >= 0.3 is 6.03 Å². The number of anilines is 3. The van der Waals surface area contributed by atoms with Gasteiger partial charge in [0.05, 0.1) is 6.61 Å². The fourth-order valence-corrected chi connectivity index (χ4v) is 2.43. The molecule has 0 fully saturated rings. The molecule has 3 rings (SSSR count). The number of fused-ring (bicyclic) bond motifs is 1. The molecule has 0 aliphatic carbocycles.